The van der Waals surface area contributed by atoms with Gasteiger partial charge in [0.15, 0.2) is 0 Å². The molecule has 0 saturated heterocycles. The highest BCUT2D eigenvalue weighted by Gasteiger charge is 2.36. The van der Waals surface area contributed by atoms with Gasteiger partial charge in [-0.3, -0.25) is 9.59 Å². The third-order valence-electron chi connectivity index (χ3n) is 3.19. The molecule has 1 amide bonds. The monoisotopic (exact) mass is 409 g/mol. The Morgan fingerprint density at radius 3 is 2.04 bits per heavy atom. The lowest BCUT2D eigenvalue weighted by Crippen LogP contribution is -2.26. The Labute approximate surface area is 154 Å². The van der Waals surface area contributed by atoms with Gasteiger partial charge in [0.2, 0.25) is 0 Å². The van der Waals surface area contributed by atoms with Crippen molar-refractivity contribution in [1.82, 2.24) is 5.32 Å². The van der Waals surface area contributed by atoms with Gasteiger partial charge in [0.25, 0.3) is 5.91 Å². The number of nitriles is 1. The average Bonchev–Trinajstić information content (AvgIpc) is 2.57. The van der Waals surface area contributed by atoms with Gasteiger partial charge in [-0.25, -0.2) is 0 Å². The predicted octanol–water partition coefficient (Wildman–Crippen LogP) is 3.52. The quantitative estimate of drug-likeness (QED) is 0.277. The van der Waals surface area contributed by atoms with Crippen molar-refractivity contribution in [2.24, 2.45) is 0 Å². The molecular weight excluding hydrogens is 396 g/mol. The molecule has 6 nitrogen and oxygen atoms in total. The molecule has 0 aromatic heterocycles. The fourth-order valence-electron chi connectivity index (χ4n) is 1.88. The Balaban J connectivity index is 3.00. The standard InChI is InChI=1S/C16H13F6N3O3/c17-15(18,19)10-4-11(16(20,21)22)6-12(5-10)25-8-9(7-23)14(28)24-3-1-2-13(26)27/h4-6,8,25H,1-3H2,(H,24,28)(H,26,27)/b9-8-. The topological polar surface area (TPSA) is 102 Å². The SMILES string of the molecule is N#C/C(=C/Nc1cc(C(F)(F)F)cc(C(F)(F)F)c1)C(=O)NCCCC(=O)O. The molecule has 1 rings (SSSR count). The fourth-order valence-corrected chi connectivity index (χ4v) is 1.88. The van der Waals surface area contributed by atoms with Crippen LogP contribution in [-0.2, 0) is 21.9 Å². The first-order valence-corrected chi connectivity index (χ1v) is 7.51. The van der Waals surface area contributed by atoms with E-state index in [1.807, 2.05) is 0 Å². The van der Waals surface area contributed by atoms with Crippen LogP contribution >= 0.6 is 0 Å². The third-order valence-corrected chi connectivity index (χ3v) is 3.19. The third kappa shape index (κ3) is 7.18. The molecule has 1 aromatic rings. The summed E-state index contributed by atoms with van der Waals surface area (Å²) in [4.78, 5) is 22.1. The maximum atomic E-state index is 12.8. The first-order valence-electron chi connectivity index (χ1n) is 7.51. The van der Waals surface area contributed by atoms with Crippen molar-refractivity contribution in [3.05, 3.63) is 41.1 Å². The van der Waals surface area contributed by atoms with Gasteiger partial charge in [0, 0.05) is 24.9 Å². The van der Waals surface area contributed by atoms with Crippen LogP contribution in [0.15, 0.2) is 30.0 Å². The van der Waals surface area contributed by atoms with Crippen molar-refractivity contribution in [1.29, 1.82) is 5.26 Å². The Hall–Kier alpha value is -3.23. The fraction of sp³-hybridized carbons (Fsp3) is 0.312. The number of hydrogen-bond donors (Lipinski definition) is 3. The maximum Gasteiger partial charge on any atom is 0.416 e. The summed E-state index contributed by atoms with van der Waals surface area (Å²) >= 11 is 0. The van der Waals surface area contributed by atoms with Crippen molar-refractivity contribution in [3.8, 4) is 6.07 Å². The van der Waals surface area contributed by atoms with Gasteiger partial charge in [-0.2, -0.15) is 31.6 Å². The zero-order valence-corrected chi connectivity index (χ0v) is 13.9. The van der Waals surface area contributed by atoms with Crippen molar-refractivity contribution < 1.29 is 41.0 Å². The van der Waals surface area contributed by atoms with Crippen molar-refractivity contribution >= 4 is 17.6 Å². The lowest BCUT2D eigenvalue weighted by atomic mass is 10.1. The van der Waals surface area contributed by atoms with Gasteiger partial charge in [0.05, 0.1) is 11.1 Å². The van der Waals surface area contributed by atoms with Crippen LogP contribution in [0, 0.1) is 11.3 Å². The number of aliphatic carboxylic acids is 1. The Morgan fingerprint density at radius 2 is 1.61 bits per heavy atom. The molecule has 0 saturated carbocycles. The molecule has 0 heterocycles. The zero-order chi connectivity index (χ0) is 21.5. The molecule has 28 heavy (non-hydrogen) atoms. The minimum atomic E-state index is -5.04. The van der Waals surface area contributed by atoms with E-state index >= 15 is 0 Å². The van der Waals surface area contributed by atoms with Gasteiger partial charge >= 0.3 is 18.3 Å². The second-order valence-electron chi connectivity index (χ2n) is 5.36. The number of rotatable bonds is 7. The minimum Gasteiger partial charge on any atom is -0.481 e. The summed E-state index contributed by atoms with van der Waals surface area (Å²) in [6, 6.07) is 2.17. The van der Waals surface area contributed by atoms with E-state index in [1.54, 1.807) is 0 Å². The number of carboxylic acids is 1. The summed E-state index contributed by atoms with van der Waals surface area (Å²) in [6.45, 7) is -0.0913. The summed E-state index contributed by atoms with van der Waals surface area (Å²) < 4.78 is 76.7. The molecule has 0 aliphatic carbocycles. The molecule has 1 aromatic carbocycles. The maximum absolute atomic E-state index is 12.8. The Bertz CT molecular complexity index is 777. The van der Waals surface area contributed by atoms with Gasteiger partial charge in [-0.1, -0.05) is 0 Å². The summed E-state index contributed by atoms with van der Waals surface area (Å²) in [6.07, 6.45) is -9.60. The van der Waals surface area contributed by atoms with Gasteiger partial charge < -0.3 is 15.7 Å². The zero-order valence-electron chi connectivity index (χ0n) is 13.9. The van der Waals surface area contributed by atoms with Crippen LogP contribution in [0.4, 0.5) is 32.0 Å². The predicted molar refractivity (Wildman–Crippen MR) is 83.6 cm³/mol. The number of carbonyl (C=O) groups excluding carboxylic acids is 1. The number of halogens is 6. The number of hydrogen-bond acceptors (Lipinski definition) is 4. The van der Waals surface area contributed by atoms with E-state index < -0.39 is 46.6 Å². The molecule has 3 N–H and O–H groups in total. The minimum absolute atomic E-state index is 0.0603. The van der Waals surface area contributed by atoms with E-state index in [2.05, 4.69) is 10.6 Å². The molecular formula is C16H13F6N3O3. The molecule has 0 atom stereocenters. The molecule has 12 heteroatoms. The second kappa shape index (κ2) is 9.12. The molecule has 0 aliphatic rings. The lowest BCUT2D eigenvalue weighted by Gasteiger charge is -2.14. The smallest absolute Gasteiger partial charge is 0.416 e. The van der Waals surface area contributed by atoms with E-state index in [9.17, 15) is 35.9 Å². The van der Waals surface area contributed by atoms with Crippen LogP contribution in [0.1, 0.15) is 24.0 Å². The molecule has 0 spiro atoms. The Kier molecular flexibility index (Phi) is 7.43. The van der Waals surface area contributed by atoms with Crippen LogP contribution in [0.25, 0.3) is 0 Å². The normalized spacial score (nSPS) is 12.2. The molecule has 0 bridgehead atoms. The number of carboxylic acid groups (broad SMARTS) is 1. The molecule has 152 valence electrons. The van der Waals surface area contributed by atoms with Crippen LogP contribution in [-0.4, -0.2) is 23.5 Å². The number of benzene rings is 1. The van der Waals surface area contributed by atoms with Crippen molar-refractivity contribution in [2.45, 2.75) is 25.2 Å². The summed E-state index contributed by atoms with van der Waals surface area (Å²) in [7, 11) is 0. The first-order chi connectivity index (χ1) is 12.8. The number of nitrogens with one attached hydrogen (secondary N) is 2. The van der Waals surface area contributed by atoms with Gasteiger partial charge in [-0.05, 0) is 24.6 Å². The van der Waals surface area contributed by atoms with Crippen LogP contribution in [0.3, 0.4) is 0 Å². The number of nitrogens with zero attached hydrogens (tertiary/aromatic N) is 1. The first kappa shape index (κ1) is 22.8. The summed E-state index contributed by atoms with van der Waals surface area (Å²) in [5, 5.41) is 21.6. The summed E-state index contributed by atoms with van der Waals surface area (Å²) in [5.41, 5.74) is -4.38. The Morgan fingerprint density at radius 1 is 1.07 bits per heavy atom. The van der Waals surface area contributed by atoms with E-state index in [-0.39, 0.29) is 25.5 Å². The van der Waals surface area contributed by atoms with E-state index in [1.165, 1.54) is 6.07 Å². The van der Waals surface area contributed by atoms with E-state index in [0.29, 0.717) is 18.3 Å². The van der Waals surface area contributed by atoms with Crippen LogP contribution in [0.2, 0.25) is 0 Å². The van der Waals surface area contributed by atoms with E-state index in [4.69, 9.17) is 10.4 Å². The molecule has 0 aliphatic heterocycles. The highest BCUT2D eigenvalue weighted by atomic mass is 19.4. The van der Waals surface area contributed by atoms with Crippen molar-refractivity contribution in [3.63, 3.8) is 0 Å². The lowest BCUT2D eigenvalue weighted by molar-refractivity contribution is -0.143. The average molecular weight is 409 g/mol. The largest absolute Gasteiger partial charge is 0.481 e. The van der Waals surface area contributed by atoms with Crippen LogP contribution < -0.4 is 10.6 Å². The second-order valence-corrected chi connectivity index (χ2v) is 5.36. The highest BCUT2D eigenvalue weighted by molar-refractivity contribution is 5.97. The van der Waals surface area contributed by atoms with E-state index in [0.717, 1.165) is 0 Å². The molecule has 0 unspecified atom stereocenters. The number of alkyl halides is 6. The van der Waals surface area contributed by atoms with Gasteiger partial charge in [0.1, 0.15) is 11.6 Å². The molecule has 0 fully saturated rings. The van der Waals surface area contributed by atoms with Crippen LogP contribution in [0.5, 0.6) is 0 Å². The highest BCUT2D eigenvalue weighted by Crippen LogP contribution is 2.37. The number of carbonyl (C=O) groups is 2. The van der Waals surface area contributed by atoms with Gasteiger partial charge in [-0.15, -0.1) is 0 Å². The number of anilines is 1. The summed E-state index contributed by atoms with van der Waals surface area (Å²) in [5.74, 6) is -2.07. The number of amides is 1. The van der Waals surface area contributed by atoms with Crippen molar-refractivity contribution in [2.75, 3.05) is 11.9 Å². The molecule has 0 radical (unpaired) electrons.